The van der Waals surface area contributed by atoms with Crippen LogP contribution in [0.2, 0.25) is 0 Å². The van der Waals surface area contributed by atoms with Crippen molar-refractivity contribution in [1.29, 1.82) is 0 Å². The standard InChI is InChI=1S/C23H23N/c1-3-23(4-2,18-12-6-5-7-13-18)24-21-16-10-8-14-19(21)20-15-9-11-17-22(20)24/h5-17H,3-4H2,1-2H3. The zero-order valence-electron chi connectivity index (χ0n) is 14.4. The van der Waals surface area contributed by atoms with Crippen LogP contribution < -0.4 is 0 Å². The third-order valence-corrected chi connectivity index (χ3v) is 5.49. The number of hydrogen-bond donors (Lipinski definition) is 0. The summed E-state index contributed by atoms with van der Waals surface area (Å²) in [4.78, 5) is 0. The van der Waals surface area contributed by atoms with Gasteiger partial charge in [0.1, 0.15) is 0 Å². The van der Waals surface area contributed by atoms with Gasteiger partial charge in [-0.1, -0.05) is 80.6 Å². The first-order chi connectivity index (χ1) is 11.8. The fourth-order valence-corrected chi connectivity index (χ4v) is 4.24. The molecule has 0 aliphatic carbocycles. The Hall–Kier alpha value is -2.54. The Kier molecular flexibility index (Phi) is 3.65. The van der Waals surface area contributed by atoms with Crippen LogP contribution in [0, 0.1) is 0 Å². The fraction of sp³-hybridized carbons (Fsp3) is 0.217. The van der Waals surface area contributed by atoms with Gasteiger partial charge in [-0.15, -0.1) is 0 Å². The first kappa shape index (κ1) is 15.0. The number of rotatable bonds is 4. The Bertz CT molecular complexity index is 921. The van der Waals surface area contributed by atoms with Crippen molar-refractivity contribution >= 4 is 21.8 Å². The molecule has 1 heterocycles. The van der Waals surface area contributed by atoms with E-state index in [1.807, 2.05) is 0 Å². The van der Waals surface area contributed by atoms with Crippen LogP contribution in [-0.4, -0.2) is 4.57 Å². The molecule has 0 bridgehead atoms. The van der Waals surface area contributed by atoms with E-state index in [1.165, 1.54) is 27.4 Å². The first-order valence-electron chi connectivity index (χ1n) is 8.86. The summed E-state index contributed by atoms with van der Waals surface area (Å²) >= 11 is 0. The highest BCUT2D eigenvalue weighted by molar-refractivity contribution is 6.08. The predicted octanol–water partition coefficient (Wildman–Crippen LogP) is 6.36. The van der Waals surface area contributed by atoms with Gasteiger partial charge in [0, 0.05) is 21.8 Å². The lowest BCUT2D eigenvalue weighted by Crippen LogP contribution is -2.33. The zero-order chi connectivity index (χ0) is 16.6. The van der Waals surface area contributed by atoms with Gasteiger partial charge in [-0.3, -0.25) is 0 Å². The molecule has 3 aromatic carbocycles. The number of para-hydroxylation sites is 2. The summed E-state index contributed by atoms with van der Waals surface area (Å²) < 4.78 is 2.58. The number of benzene rings is 3. The Morgan fingerprint density at radius 1 is 0.625 bits per heavy atom. The lowest BCUT2D eigenvalue weighted by molar-refractivity contribution is 0.348. The highest BCUT2D eigenvalue weighted by atomic mass is 15.1. The highest BCUT2D eigenvalue weighted by Crippen LogP contribution is 2.41. The SMILES string of the molecule is CCC(CC)(c1ccccc1)n1c2ccccc2c2ccccc21. The monoisotopic (exact) mass is 313 g/mol. The molecule has 1 heteroatoms. The molecule has 0 atom stereocenters. The topological polar surface area (TPSA) is 4.93 Å². The van der Waals surface area contributed by atoms with Gasteiger partial charge >= 0.3 is 0 Å². The van der Waals surface area contributed by atoms with E-state index in [9.17, 15) is 0 Å². The molecule has 0 unspecified atom stereocenters. The summed E-state index contributed by atoms with van der Waals surface area (Å²) in [6.07, 6.45) is 2.13. The normalized spacial score (nSPS) is 12.1. The molecule has 0 saturated heterocycles. The van der Waals surface area contributed by atoms with Crippen LogP contribution in [-0.2, 0) is 5.54 Å². The van der Waals surface area contributed by atoms with Gasteiger partial charge in [-0.05, 0) is 30.5 Å². The minimum absolute atomic E-state index is 0.0238. The van der Waals surface area contributed by atoms with Gasteiger partial charge in [-0.2, -0.15) is 0 Å². The summed E-state index contributed by atoms with van der Waals surface area (Å²) in [6.45, 7) is 4.61. The molecule has 0 aliphatic rings. The molecule has 0 saturated carbocycles. The maximum absolute atomic E-state index is 2.58. The number of nitrogens with zero attached hydrogens (tertiary/aromatic N) is 1. The number of fused-ring (bicyclic) bond motifs is 3. The van der Waals surface area contributed by atoms with Crippen molar-refractivity contribution in [3.8, 4) is 0 Å². The van der Waals surface area contributed by atoms with E-state index in [0.717, 1.165) is 12.8 Å². The van der Waals surface area contributed by atoms with Gasteiger partial charge in [0.25, 0.3) is 0 Å². The lowest BCUT2D eigenvalue weighted by Gasteiger charge is -2.36. The van der Waals surface area contributed by atoms with Crippen LogP contribution in [0.3, 0.4) is 0 Å². The van der Waals surface area contributed by atoms with Crippen molar-refractivity contribution in [3.05, 3.63) is 84.4 Å². The molecule has 0 N–H and O–H groups in total. The van der Waals surface area contributed by atoms with E-state index >= 15 is 0 Å². The first-order valence-corrected chi connectivity index (χ1v) is 8.86. The third-order valence-electron chi connectivity index (χ3n) is 5.49. The van der Waals surface area contributed by atoms with E-state index in [4.69, 9.17) is 0 Å². The van der Waals surface area contributed by atoms with Gasteiger partial charge in [0.05, 0.1) is 5.54 Å². The summed E-state index contributed by atoms with van der Waals surface area (Å²) in [5.74, 6) is 0. The van der Waals surface area contributed by atoms with Crippen molar-refractivity contribution < 1.29 is 0 Å². The molecular formula is C23H23N. The van der Waals surface area contributed by atoms with Crippen molar-refractivity contribution in [2.24, 2.45) is 0 Å². The summed E-state index contributed by atoms with van der Waals surface area (Å²) in [5, 5.41) is 2.69. The molecular weight excluding hydrogens is 290 g/mol. The number of aromatic nitrogens is 1. The predicted molar refractivity (Wildman–Crippen MR) is 104 cm³/mol. The molecule has 0 fully saturated rings. The molecule has 4 aromatic rings. The van der Waals surface area contributed by atoms with Crippen LogP contribution in [0.1, 0.15) is 32.3 Å². The second-order valence-corrected chi connectivity index (χ2v) is 6.47. The van der Waals surface area contributed by atoms with Crippen LogP contribution in [0.4, 0.5) is 0 Å². The average Bonchev–Trinajstić information content (AvgIpc) is 3.00. The van der Waals surface area contributed by atoms with Crippen molar-refractivity contribution in [3.63, 3.8) is 0 Å². The molecule has 0 amide bonds. The van der Waals surface area contributed by atoms with Gasteiger partial charge in [-0.25, -0.2) is 0 Å². The highest BCUT2D eigenvalue weighted by Gasteiger charge is 2.33. The van der Waals surface area contributed by atoms with Crippen LogP contribution in [0.15, 0.2) is 78.9 Å². The van der Waals surface area contributed by atoms with E-state index in [0.29, 0.717) is 0 Å². The van der Waals surface area contributed by atoms with E-state index in [-0.39, 0.29) is 5.54 Å². The Morgan fingerprint density at radius 2 is 1.08 bits per heavy atom. The van der Waals surface area contributed by atoms with Gasteiger partial charge < -0.3 is 4.57 Å². The van der Waals surface area contributed by atoms with E-state index < -0.39 is 0 Å². The van der Waals surface area contributed by atoms with Crippen molar-refractivity contribution in [1.82, 2.24) is 4.57 Å². The Labute approximate surface area is 143 Å². The summed E-state index contributed by atoms with van der Waals surface area (Å²) in [5.41, 5.74) is 4.02. The molecule has 1 aromatic heterocycles. The number of hydrogen-bond acceptors (Lipinski definition) is 0. The van der Waals surface area contributed by atoms with Crippen LogP contribution in [0.5, 0.6) is 0 Å². The second kappa shape index (κ2) is 5.83. The molecule has 4 rings (SSSR count). The second-order valence-electron chi connectivity index (χ2n) is 6.47. The minimum Gasteiger partial charge on any atom is -0.330 e. The van der Waals surface area contributed by atoms with Gasteiger partial charge in [0.15, 0.2) is 0 Å². The molecule has 120 valence electrons. The zero-order valence-corrected chi connectivity index (χ0v) is 14.4. The smallest absolute Gasteiger partial charge is 0.0697 e. The maximum Gasteiger partial charge on any atom is 0.0697 e. The Morgan fingerprint density at radius 3 is 1.58 bits per heavy atom. The van der Waals surface area contributed by atoms with E-state index in [1.54, 1.807) is 0 Å². The van der Waals surface area contributed by atoms with Crippen molar-refractivity contribution in [2.75, 3.05) is 0 Å². The third kappa shape index (κ3) is 2.01. The van der Waals surface area contributed by atoms with E-state index in [2.05, 4.69) is 97.3 Å². The lowest BCUT2D eigenvalue weighted by atomic mass is 9.84. The Balaban J connectivity index is 2.16. The molecule has 0 aliphatic heterocycles. The van der Waals surface area contributed by atoms with Crippen LogP contribution in [0.25, 0.3) is 21.8 Å². The quantitative estimate of drug-likeness (QED) is 0.413. The molecule has 1 nitrogen and oxygen atoms in total. The summed E-state index contributed by atoms with van der Waals surface area (Å²) in [6, 6.07) is 28.6. The van der Waals surface area contributed by atoms with Crippen LogP contribution >= 0.6 is 0 Å². The largest absolute Gasteiger partial charge is 0.330 e. The fourth-order valence-electron chi connectivity index (χ4n) is 4.24. The molecule has 0 radical (unpaired) electrons. The van der Waals surface area contributed by atoms with Gasteiger partial charge in [0.2, 0.25) is 0 Å². The van der Waals surface area contributed by atoms with Crippen molar-refractivity contribution in [2.45, 2.75) is 32.2 Å². The molecule has 0 spiro atoms. The minimum atomic E-state index is -0.0238. The maximum atomic E-state index is 2.58. The molecule has 24 heavy (non-hydrogen) atoms. The summed E-state index contributed by atoms with van der Waals surface area (Å²) in [7, 11) is 0. The average molecular weight is 313 g/mol.